The molecule has 1 aromatic rings. The van der Waals surface area contributed by atoms with E-state index in [2.05, 4.69) is 29.7 Å². The van der Waals surface area contributed by atoms with Crippen LogP contribution in [0.25, 0.3) is 0 Å². The first kappa shape index (κ1) is 13.9. The third-order valence-electron chi connectivity index (χ3n) is 3.64. The Balaban J connectivity index is 1.72. The van der Waals surface area contributed by atoms with Gasteiger partial charge in [-0.05, 0) is 69.4 Å². The summed E-state index contributed by atoms with van der Waals surface area (Å²) in [6.07, 6.45) is 3.65. The minimum atomic E-state index is 0.512. The maximum Gasteiger partial charge on any atom is 0.0408 e. The molecule has 1 heterocycles. The quantitative estimate of drug-likeness (QED) is 0.856. The van der Waals surface area contributed by atoms with Crippen LogP contribution in [0.5, 0.6) is 0 Å². The summed E-state index contributed by atoms with van der Waals surface area (Å²) in [4.78, 5) is 0. The average Bonchev–Trinajstić information content (AvgIpc) is 2.38. The van der Waals surface area contributed by atoms with Crippen LogP contribution >= 0.6 is 11.6 Å². The van der Waals surface area contributed by atoms with Crippen LogP contribution in [0.2, 0.25) is 5.02 Å². The van der Waals surface area contributed by atoms with E-state index in [1.54, 1.807) is 0 Å². The molecule has 3 heteroatoms. The predicted molar refractivity (Wildman–Crippen MR) is 78.2 cm³/mol. The standard InChI is InChI=1S/C15H23ClN2/c1-12(9-14-3-2-4-15(16)10-14)18-11-13-5-7-17-8-6-13/h2-4,10,12-13,17-18H,5-9,11H2,1H3. The highest BCUT2D eigenvalue weighted by molar-refractivity contribution is 6.30. The van der Waals surface area contributed by atoms with Gasteiger partial charge in [0.15, 0.2) is 0 Å². The Kier molecular flexibility index (Phi) is 5.48. The van der Waals surface area contributed by atoms with Crippen LogP contribution in [0.1, 0.15) is 25.3 Å². The molecule has 0 radical (unpaired) electrons. The minimum Gasteiger partial charge on any atom is -0.317 e. The van der Waals surface area contributed by atoms with E-state index in [4.69, 9.17) is 11.6 Å². The van der Waals surface area contributed by atoms with Gasteiger partial charge in [0.1, 0.15) is 0 Å². The highest BCUT2D eigenvalue weighted by atomic mass is 35.5. The van der Waals surface area contributed by atoms with Crippen molar-refractivity contribution in [2.45, 2.75) is 32.2 Å². The number of halogens is 1. The fraction of sp³-hybridized carbons (Fsp3) is 0.600. The normalized spacial score (nSPS) is 18.8. The van der Waals surface area contributed by atoms with Crippen LogP contribution in [-0.2, 0) is 6.42 Å². The largest absolute Gasteiger partial charge is 0.317 e. The van der Waals surface area contributed by atoms with Gasteiger partial charge in [0.25, 0.3) is 0 Å². The Morgan fingerprint density at radius 3 is 2.89 bits per heavy atom. The van der Waals surface area contributed by atoms with Crippen molar-refractivity contribution in [3.8, 4) is 0 Å². The molecular weight excluding hydrogens is 244 g/mol. The van der Waals surface area contributed by atoms with Crippen LogP contribution in [0.3, 0.4) is 0 Å². The number of hydrogen-bond acceptors (Lipinski definition) is 2. The van der Waals surface area contributed by atoms with Gasteiger partial charge in [-0.3, -0.25) is 0 Å². The van der Waals surface area contributed by atoms with E-state index in [1.807, 2.05) is 12.1 Å². The number of nitrogens with one attached hydrogen (secondary N) is 2. The van der Waals surface area contributed by atoms with Gasteiger partial charge in [0, 0.05) is 11.1 Å². The summed E-state index contributed by atoms with van der Waals surface area (Å²) in [5.41, 5.74) is 1.31. The molecule has 100 valence electrons. The average molecular weight is 267 g/mol. The van der Waals surface area contributed by atoms with E-state index < -0.39 is 0 Å². The molecule has 0 amide bonds. The highest BCUT2D eigenvalue weighted by Gasteiger charge is 2.13. The molecule has 1 fully saturated rings. The Morgan fingerprint density at radius 1 is 1.39 bits per heavy atom. The Morgan fingerprint density at radius 2 is 2.17 bits per heavy atom. The molecule has 1 unspecified atom stereocenters. The predicted octanol–water partition coefficient (Wildman–Crippen LogP) is 2.86. The molecule has 2 nitrogen and oxygen atoms in total. The zero-order chi connectivity index (χ0) is 12.8. The third kappa shape index (κ3) is 4.60. The van der Waals surface area contributed by atoms with Gasteiger partial charge in [0.2, 0.25) is 0 Å². The fourth-order valence-electron chi connectivity index (χ4n) is 2.54. The lowest BCUT2D eigenvalue weighted by molar-refractivity contribution is 0.343. The molecule has 0 bridgehead atoms. The second-order valence-corrected chi connectivity index (χ2v) is 5.77. The van der Waals surface area contributed by atoms with Crippen molar-refractivity contribution in [2.75, 3.05) is 19.6 Å². The van der Waals surface area contributed by atoms with Gasteiger partial charge >= 0.3 is 0 Å². The van der Waals surface area contributed by atoms with Crippen molar-refractivity contribution in [3.05, 3.63) is 34.9 Å². The summed E-state index contributed by atoms with van der Waals surface area (Å²) >= 11 is 6.00. The van der Waals surface area contributed by atoms with E-state index in [-0.39, 0.29) is 0 Å². The van der Waals surface area contributed by atoms with Gasteiger partial charge < -0.3 is 10.6 Å². The van der Waals surface area contributed by atoms with Crippen molar-refractivity contribution in [2.24, 2.45) is 5.92 Å². The summed E-state index contributed by atoms with van der Waals surface area (Å²) in [6, 6.07) is 8.67. The van der Waals surface area contributed by atoms with Crippen LogP contribution in [-0.4, -0.2) is 25.7 Å². The fourth-order valence-corrected chi connectivity index (χ4v) is 2.76. The van der Waals surface area contributed by atoms with Crippen molar-refractivity contribution in [1.82, 2.24) is 10.6 Å². The number of benzene rings is 1. The van der Waals surface area contributed by atoms with Crippen LogP contribution in [0, 0.1) is 5.92 Å². The Bertz CT molecular complexity index is 361. The molecular formula is C15H23ClN2. The zero-order valence-electron chi connectivity index (χ0n) is 11.1. The van der Waals surface area contributed by atoms with Crippen LogP contribution < -0.4 is 10.6 Å². The maximum absolute atomic E-state index is 6.00. The monoisotopic (exact) mass is 266 g/mol. The molecule has 0 aromatic heterocycles. The highest BCUT2D eigenvalue weighted by Crippen LogP contribution is 2.13. The Hall–Kier alpha value is -0.570. The molecule has 1 atom stereocenters. The van der Waals surface area contributed by atoms with E-state index >= 15 is 0 Å². The van der Waals surface area contributed by atoms with Gasteiger partial charge in [-0.1, -0.05) is 23.7 Å². The first-order valence-electron chi connectivity index (χ1n) is 6.92. The molecule has 1 aromatic carbocycles. The molecule has 0 aliphatic carbocycles. The Labute approximate surface area is 115 Å². The van der Waals surface area contributed by atoms with Gasteiger partial charge in [0.05, 0.1) is 0 Å². The summed E-state index contributed by atoms with van der Waals surface area (Å²) in [5.74, 6) is 0.841. The zero-order valence-corrected chi connectivity index (χ0v) is 11.8. The molecule has 2 rings (SSSR count). The van der Waals surface area contributed by atoms with Crippen LogP contribution in [0.15, 0.2) is 24.3 Å². The van der Waals surface area contributed by atoms with Crippen LogP contribution in [0.4, 0.5) is 0 Å². The molecule has 2 N–H and O–H groups in total. The first-order valence-corrected chi connectivity index (χ1v) is 7.30. The lowest BCUT2D eigenvalue weighted by Gasteiger charge is -2.24. The lowest BCUT2D eigenvalue weighted by Crippen LogP contribution is -2.37. The van der Waals surface area contributed by atoms with Gasteiger partial charge in [-0.15, -0.1) is 0 Å². The molecule has 1 aliphatic heterocycles. The summed E-state index contributed by atoms with van der Waals surface area (Å²) in [5, 5.41) is 7.89. The van der Waals surface area contributed by atoms with Gasteiger partial charge in [-0.2, -0.15) is 0 Å². The van der Waals surface area contributed by atoms with Crippen molar-refractivity contribution < 1.29 is 0 Å². The SMILES string of the molecule is CC(Cc1cccc(Cl)c1)NCC1CCNCC1. The number of hydrogen-bond donors (Lipinski definition) is 2. The van der Waals surface area contributed by atoms with E-state index in [1.165, 1.54) is 31.5 Å². The maximum atomic E-state index is 6.00. The molecule has 0 spiro atoms. The number of piperidine rings is 1. The smallest absolute Gasteiger partial charge is 0.0408 e. The van der Waals surface area contributed by atoms with E-state index in [9.17, 15) is 0 Å². The van der Waals surface area contributed by atoms with Crippen molar-refractivity contribution in [1.29, 1.82) is 0 Å². The molecule has 18 heavy (non-hydrogen) atoms. The summed E-state index contributed by atoms with van der Waals surface area (Å²) < 4.78 is 0. The second kappa shape index (κ2) is 7.13. The van der Waals surface area contributed by atoms with Crippen molar-refractivity contribution >= 4 is 11.6 Å². The minimum absolute atomic E-state index is 0.512. The summed E-state index contributed by atoms with van der Waals surface area (Å²) in [6.45, 7) is 5.75. The lowest BCUT2D eigenvalue weighted by atomic mass is 9.97. The second-order valence-electron chi connectivity index (χ2n) is 5.34. The third-order valence-corrected chi connectivity index (χ3v) is 3.88. The van der Waals surface area contributed by atoms with E-state index in [0.29, 0.717) is 6.04 Å². The van der Waals surface area contributed by atoms with E-state index in [0.717, 1.165) is 23.9 Å². The van der Waals surface area contributed by atoms with Gasteiger partial charge in [-0.25, -0.2) is 0 Å². The topological polar surface area (TPSA) is 24.1 Å². The van der Waals surface area contributed by atoms with Crippen molar-refractivity contribution in [3.63, 3.8) is 0 Å². The number of rotatable bonds is 5. The molecule has 1 aliphatic rings. The molecule has 0 saturated carbocycles. The molecule has 1 saturated heterocycles. The summed E-state index contributed by atoms with van der Waals surface area (Å²) in [7, 11) is 0. The first-order chi connectivity index (χ1) is 8.74.